The Balaban J connectivity index is 0.772. The topological polar surface area (TPSA) is 6.48 Å². The molecule has 2 heterocycles. The second-order valence-electron chi connectivity index (χ2n) is 29.1. The summed E-state index contributed by atoms with van der Waals surface area (Å²) < 4.78 is 0. The molecule has 0 radical (unpaired) electrons. The fraction of sp³-hybridized carbons (Fsp3) is 0.183. The van der Waals surface area contributed by atoms with E-state index in [9.17, 15) is 0 Å². The minimum atomic E-state index is -0.634. The van der Waals surface area contributed by atoms with E-state index >= 15 is 0 Å². The first-order valence-electron chi connectivity index (χ1n) is 34.9. The molecule has 2 heteroatoms. The van der Waals surface area contributed by atoms with Crippen molar-refractivity contribution >= 4 is 65.8 Å². The molecular weight excluding hydrogens is 1150 g/mol. The summed E-state index contributed by atoms with van der Waals surface area (Å²) >= 11 is 0. The number of para-hydroxylation sites is 2. The highest BCUT2D eigenvalue weighted by Gasteiger charge is 2.59. The van der Waals surface area contributed by atoms with E-state index in [0.29, 0.717) is 0 Å². The third-order valence-electron chi connectivity index (χ3n) is 24.8. The Bertz CT molecular complexity index is 5420. The molecule has 3 aliphatic carbocycles. The molecular formula is C93H76N2. The summed E-state index contributed by atoms with van der Waals surface area (Å²) in [5.41, 5.74) is 25.5. The van der Waals surface area contributed by atoms with Crippen LogP contribution in [0.5, 0.6) is 0 Å². The summed E-state index contributed by atoms with van der Waals surface area (Å²) in [5, 5.41) is 10.2. The van der Waals surface area contributed by atoms with Crippen molar-refractivity contribution in [3.05, 3.63) is 325 Å². The maximum atomic E-state index is 2.69. The Morgan fingerprint density at radius 1 is 0.263 bits per heavy atom. The Hall–Kier alpha value is -10.3. The van der Waals surface area contributed by atoms with Crippen LogP contribution < -0.4 is 9.80 Å². The Morgan fingerprint density at radius 2 is 0.642 bits per heavy atom. The predicted molar refractivity (Wildman–Crippen MR) is 401 cm³/mol. The molecule has 4 unspecified atom stereocenters. The quantitative estimate of drug-likeness (QED) is 0.140. The molecule has 5 aliphatic rings. The molecule has 14 aromatic carbocycles. The SMILES string of the molecule is CC12CCCCC1(C)N(c1ccccc1)c1ccc(-c3cccc4c(-c5ccc6c(c5)-c5c(c7ccc(-c8cccc9c(-c%10ccc%11c(c%10)C%10(C)CCCCC%10(C)N%11c%10ccccc%10)cccc89)cc7c7ccccc57)C6(c5ccccc5)c5ccccc5)cccc34)cc12. The maximum absolute atomic E-state index is 2.69. The second kappa shape index (κ2) is 20.9. The lowest BCUT2D eigenvalue weighted by Crippen LogP contribution is -2.54. The minimum Gasteiger partial charge on any atom is -0.334 e. The van der Waals surface area contributed by atoms with Crippen molar-refractivity contribution in [2.45, 2.75) is 106 Å². The summed E-state index contributed by atoms with van der Waals surface area (Å²) in [7, 11) is 0. The Kier molecular flexibility index (Phi) is 12.4. The third kappa shape index (κ3) is 7.74. The molecule has 19 rings (SSSR count). The van der Waals surface area contributed by atoms with Gasteiger partial charge in [0.25, 0.3) is 0 Å². The van der Waals surface area contributed by atoms with Crippen LogP contribution >= 0.6 is 0 Å². The zero-order valence-electron chi connectivity index (χ0n) is 54.8. The van der Waals surface area contributed by atoms with Gasteiger partial charge in [0.1, 0.15) is 0 Å². The predicted octanol–water partition coefficient (Wildman–Crippen LogP) is 24.8. The molecule has 458 valence electrons. The summed E-state index contributed by atoms with van der Waals surface area (Å²) in [6.07, 6.45) is 9.75. The van der Waals surface area contributed by atoms with Gasteiger partial charge in [0.05, 0.1) is 16.5 Å². The van der Waals surface area contributed by atoms with Crippen molar-refractivity contribution in [1.29, 1.82) is 0 Å². The van der Waals surface area contributed by atoms with Gasteiger partial charge in [-0.1, -0.05) is 270 Å². The Labute approximate surface area is 558 Å². The highest BCUT2D eigenvalue weighted by atomic mass is 15.3. The molecule has 0 aromatic heterocycles. The Morgan fingerprint density at radius 3 is 1.12 bits per heavy atom. The lowest BCUT2D eigenvalue weighted by Gasteiger charge is -2.50. The zero-order chi connectivity index (χ0) is 63.4. The van der Waals surface area contributed by atoms with Gasteiger partial charge in [-0.15, -0.1) is 0 Å². The van der Waals surface area contributed by atoms with Crippen LogP contribution in [-0.2, 0) is 16.2 Å². The average Bonchev–Trinajstić information content (AvgIpc) is 1.46. The molecule has 0 N–H and O–H groups in total. The van der Waals surface area contributed by atoms with Crippen molar-refractivity contribution in [3.63, 3.8) is 0 Å². The smallest absolute Gasteiger partial charge is 0.0719 e. The number of rotatable bonds is 8. The third-order valence-corrected chi connectivity index (χ3v) is 24.8. The van der Waals surface area contributed by atoms with E-state index in [1.807, 2.05) is 0 Å². The molecule has 2 aliphatic heterocycles. The fourth-order valence-corrected chi connectivity index (χ4v) is 19.9. The van der Waals surface area contributed by atoms with E-state index < -0.39 is 5.41 Å². The number of anilines is 4. The maximum Gasteiger partial charge on any atom is 0.0719 e. The average molecular weight is 1220 g/mol. The monoisotopic (exact) mass is 1220 g/mol. The standard InChI is InChI=1S/C93H76N2/c1-89-53-19-21-55-91(89,3)94(67-31-13-7-14-32-67)85-51-47-63(59-83(85)89)71-39-25-41-73-69(37-23-43-75(71)73)61-45-49-79-80(57-61)77-35-17-18-36-78(77)87-81-58-62(46-50-82(81)93(88(79)87,65-27-9-5-10-28-65)66-29-11-6-12-30-66)70-38-24-44-76-72(40-26-42-74(70)76)64-48-52-86-84(60-64)90(2)54-20-22-56-92(90,4)95(86)68-33-15-8-16-34-68/h5-18,23-52,57-60H,19-22,53-56H2,1-4H3. The van der Waals surface area contributed by atoms with Crippen LogP contribution in [0.3, 0.4) is 0 Å². The van der Waals surface area contributed by atoms with Gasteiger partial charge in [-0.05, 0) is 232 Å². The van der Waals surface area contributed by atoms with Gasteiger partial charge in [-0.25, -0.2) is 0 Å². The van der Waals surface area contributed by atoms with Gasteiger partial charge in [-0.2, -0.15) is 0 Å². The van der Waals surface area contributed by atoms with Crippen molar-refractivity contribution in [1.82, 2.24) is 0 Å². The molecule has 2 nitrogen and oxygen atoms in total. The van der Waals surface area contributed by atoms with E-state index in [2.05, 4.69) is 329 Å². The van der Waals surface area contributed by atoms with Gasteiger partial charge < -0.3 is 9.80 Å². The lowest BCUT2D eigenvalue weighted by molar-refractivity contribution is 0.195. The molecule has 0 amide bonds. The van der Waals surface area contributed by atoms with Crippen LogP contribution in [0.15, 0.2) is 291 Å². The number of nitrogens with zero attached hydrogens (tertiary/aromatic N) is 2. The largest absolute Gasteiger partial charge is 0.334 e. The van der Waals surface area contributed by atoms with E-state index in [4.69, 9.17) is 0 Å². The molecule has 0 bridgehead atoms. The molecule has 2 fully saturated rings. The zero-order valence-corrected chi connectivity index (χ0v) is 54.8. The van der Waals surface area contributed by atoms with Gasteiger partial charge in [-0.3, -0.25) is 0 Å². The molecule has 0 saturated heterocycles. The highest BCUT2D eigenvalue weighted by molar-refractivity contribution is 6.21. The van der Waals surface area contributed by atoms with Crippen LogP contribution in [0.4, 0.5) is 22.7 Å². The molecule has 4 atom stereocenters. The summed E-state index contributed by atoms with van der Waals surface area (Å²) in [6, 6.07) is 112. The van der Waals surface area contributed by atoms with E-state index in [1.54, 1.807) is 0 Å². The summed E-state index contributed by atoms with van der Waals surface area (Å²) in [5.74, 6) is 0. The van der Waals surface area contributed by atoms with Gasteiger partial charge in [0.2, 0.25) is 0 Å². The first-order valence-corrected chi connectivity index (χ1v) is 34.9. The van der Waals surface area contributed by atoms with Crippen LogP contribution in [0.1, 0.15) is 112 Å². The lowest BCUT2D eigenvalue weighted by atomic mass is 9.61. The fourth-order valence-electron chi connectivity index (χ4n) is 19.9. The van der Waals surface area contributed by atoms with Gasteiger partial charge in [0, 0.05) is 33.6 Å². The first-order chi connectivity index (χ1) is 46.6. The van der Waals surface area contributed by atoms with E-state index in [-0.39, 0.29) is 21.9 Å². The van der Waals surface area contributed by atoms with Crippen molar-refractivity contribution in [2.24, 2.45) is 0 Å². The van der Waals surface area contributed by atoms with Gasteiger partial charge >= 0.3 is 0 Å². The first kappa shape index (κ1) is 56.3. The summed E-state index contributed by atoms with van der Waals surface area (Å²) in [4.78, 5) is 5.37. The van der Waals surface area contributed by atoms with Crippen molar-refractivity contribution in [2.75, 3.05) is 9.80 Å². The van der Waals surface area contributed by atoms with E-state index in [1.165, 1.54) is 206 Å². The van der Waals surface area contributed by atoms with Gasteiger partial charge in [0.15, 0.2) is 0 Å². The van der Waals surface area contributed by atoms with Crippen molar-refractivity contribution in [3.8, 4) is 55.6 Å². The molecule has 0 spiro atoms. The number of fused-ring (bicyclic) bond motifs is 16. The van der Waals surface area contributed by atoms with Crippen LogP contribution in [-0.4, -0.2) is 11.1 Å². The molecule has 95 heavy (non-hydrogen) atoms. The van der Waals surface area contributed by atoms with Crippen LogP contribution in [0.2, 0.25) is 0 Å². The van der Waals surface area contributed by atoms with Crippen LogP contribution in [0, 0.1) is 0 Å². The highest BCUT2D eigenvalue weighted by Crippen LogP contribution is 2.65. The number of benzene rings is 14. The van der Waals surface area contributed by atoms with Crippen molar-refractivity contribution < 1.29 is 0 Å². The van der Waals surface area contributed by atoms with Crippen LogP contribution in [0.25, 0.3) is 98.7 Å². The number of hydrogen-bond acceptors (Lipinski definition) is 2. The number of hydrogen-bond donors (Lipinski definition) is 0. The second-order valence-corrected chi connectivity index (χ2v) is 29.1. The normalized spacial score (nSPS) is 21.3. The molecule has 2 saturated carbocycles. The van der Waals surface area contributed by atoms with E-state index in [0.717, 1.165) is 0 Å². The summed E-state index contributed by atoms with van der Waals surface area (Å²) in [6.45, 7) is 10.2. The minimum absolute atomic E-state index is 0.00934. The molecule has 14 aromatic rings.